The van der Waals surface area contributed by atoms with Crippen molar-refractivity contribution in [2.75, 3.05) is 11.9 Å². The second kappa shape index (κ2) is 7.50. The highest BCUT2D eigenvalue weighted by atomic mass is 35.5. The maximum atomic E-state index is 12.2. The van der Waals surface area contributed by atoms with Gasteiger partial charge in [0, 0.05) is 0 Å². The molecule has 0 aliphatic carbocycles. The zero-order valence-corrected chi connectivity index (χ0v) is 12.2. The summed E-state index contributed by atoms with van der Waals surface area (Å²) in [7, 11) is 0. The van der Waals surface area contributed by atoms with Gasteiger partial charge in [0.1, 0.15) is 17.7 Å². The molecule has 1 N–H and O–H groups in total. The molecule has 0 bridgehead atoms. The number of ether oxygens (including phenoxy) is 1. The van der Waals surface area contributed by atoms with Gasteiger partial charge < -0.3 is 10.1 Å². The molecule has 108 valence electrons. The third-order valence-electron chi connectivity index (χ3n) is 2.82. The molecular weight excluding hydrogens is 286 g/mol. The van der Waals surface area contributed by atoms with Crippen LogP contribution in [-0.2, 0) is 4.79 Å². The number of hydrogen-bond donors (Lipinski definition) is 1. The van der Waals surface area contributed by atoms with Gasteiger partial charge in [-0.25, -0.2) is 0 Å². The van der Waals surface area contributed by atoms with Crippen molar-refractivity contribution in [3.05, 3.63) is 72.8 Å². The summed E-state index contributed by atoms with van der Waals surface area (Å²) in [6.45, 7) is 3.97. The number of hydrogen-bond acceptors (Lipinski definition) is 2. The van der Waals surface area contributed by atoms with Crippen molar-refractivity contribution in [2.24, 2.45) is 0 Å². The van der Waals surface area contributed by atoms with Crippen molar-refractivity contribution in [3.8, 4) is 5.75 Å². The summed E-state index contributed by atoms with van der Waals surface area (Å²) in [6, 6.07) is 16.4. The predicted octanol–water partition coefficient (Wildman–Crippen LogP) is 4.17. The molecule has 1 amide bonds. The van der Waals surface area contributed by atoms with Crippen LogP contribution in [0.15, 0.2) is 67.3 Å². The lowest BCUT2D eigenvalue weighted by molar-refractivity contribution is -0.116. The number of rotatable bonds is 6. The molecule has 0 spiro atoms. The first-order valence-electron chi connectivity index (χ1n) is 6.55. The van der Waals surface area contributed by atoms with Gasteiger partial charge in [-0.2, -0.15) is 0 Å². The Morgan fingerprint density at radius 2 is 1.86 bits per heavy atom. The molecule has 0 heterocycles. The van der Waals surface area contributed by atoms with E-state index in [4.69, 9.17) is 16.3 Å². The maximum Gasteiger partial charge on any atom is 0.247 e. The monoisotopic (exact) mass is 301 g/mol. The number of carbonyl (C=O) groups is 1. The van der Waals surface area contributed by atoms with Gasteiger partial charge in [0.05, 0.1) is 5.69 Å². The summed E-state index contributed by atoms with van der Waals surface area (Å²) in [4.78, 5) is 12.2. The minimum atomic E-state index is -0.751. The molecule has 2 aromatic carbocycles. The third-order valence-corrected chi connectivity index (χ3v) is 3.27. The van der Waals surface area contributed by atoms with Crippen molar-refractivity contribution in [2.45, 2.75) is 5.38 Å². The molecule has 2 rings (SSSR count). The highest BCUT2D eigenvalue weighted by Gasteiger charge is 2.18. The molecule has 0 radical (unpaired) electrons. The van der Waals surface area contributed by atoms with E-state index < -0.39 is 5.38 Å². The largest absolute Gasteiger partial charge is 0.487 e. The second-order valence-corrected chi connectivity index (χ2v) is 4.79. The zero-order chi connectivity index (χ0) is 15.1. The van der Waals surface area contributed by atoms with Crippen LogP contribution < -0.4 is 10.1 Å². The summed E-state index contributed by atoms with van der Waals surface area (Å²) < 4.78 is 5.50. The number of anilines is 1. The Morgan fingerprint density at radius 3 is 2.57 bits per heavy atom. The van der Waals surface area contributed by atoms with Gasteiger partial charge in [0.2, 0.25) is 5.91 Å². The lowest BCUT2D eigenvalue weighted by atomic mass is 10.1. The van der Waals surface area contributed by atoms with Crippen LogP contribution >= 0.6 is 11.6 Å². The van der Waals surface area contributed by atoms with E-state index in [0.717, 1.165) is 5.56 Å². The van der Waals surface area contributed by atoms with Crippen LogP contribution in [0.5, 0.6) is 5.75 Å². The smallest absolute Gasteiger partial charge is 0.247 e. The van der Waals surface area contributed by atoms with Crippen LogP contribution in [0.2, 0.25) is 0 Å². The van der Waals surface area contributed by atoms with E-state index in [0.29, 0.717) is 18.0 Å². The van der Waals surface area contributed by atoms with E-state index in [9.17, 15) is 4.79 Å². The van der Waals surface area contributed by atoms with Crippen LogP contribution in [0.3, 0.4) is 0 Å². The third kappa shape index (κ3) is 4.10. The Hall–Kier alpha value is -2.26. The molecule has 21 heavy (non-hydrogen) atoms. The second-order valence-electron chi connectivity index (χ2n) is 4.36. The fourth-order valence-corrected chi connectivity index (χ4v) is 2.01. The molecule has 0 aliphatic heterocycles. The predicted molar refractivity (Wildman–Crippen MR) is 85.8 cm³/mol. The molecule has 4 heteroatoms. The molecule has 0 aliphatic rings. The van der Waals surface area contributed by atoms with Crippen molar-refractivity contribution < 1.29 is 9.53 Å². The normalized spacial score (nSPS) is 11.5. The summed E-state index contributed by atoms with van der Waals surface area (Å²) in [5.41, 5.74) is 1.34. The fourth-order valence-electron chi connectivity index (χ4n) is 1.81. The average Bonchev–Trinajstić information content (AvgIpc) is 2.54. The highest BCUT2D eigenvalue weighted by molar-refractivity contribution is 6.32. The first-order valence-corrected chi connectivity index (χ1v) is 6.98. The van der Waals surface area contributed by atoms with E-state index in [2.05, 4.69) is 11.9 Å². The number of para-hydroxylation sites is 2. The first kappa shape index (κ1) is 15.1. The van der Waals surface area contributed by atoms with Crippen molar-refractivity contribution >= 4 is 23.2 Å². The van der Waals surface area contributed by atoms with Gasteiger partial charge >= 0.3 is 0 Å². The van der Waals surface area contributed by atoms with Crippen LogP contribution in [-0.4, -0.2) is 12.5 Å². The summed E-state index contributed by atoms with van der Waals surface area (Å²) in [6.07, 6.45) is 1.65. The molecule has 1 atom stereocenters. The van der Waals surface area contributed by atoms with Crippen LogP contribution in [0.4, 0.5) is 5.69 Å². The van der Waals surface area contributed by atoms with E-state index in [1.54, 1.807) is 18.2 Å². The zero-order valence-electron chi connectivity index (χ0n) is 11.5. The van der Waals surface area contributed by atoms with Gasteiger partial charge in [-0.3, -0.25) is 4.79 Å². The van der Waals surface area contributed by atoms with Gasteiger partial charge in [0.25, 0.3) is 0 Å². The Bertz CT molecular complexity index is 613. The molecule has 1 unspecified atom stereocenters. The summed E-state index contributed by atoms with van der Waals surface area (Å²) in [5.74, 6) is 0.292. The number of halogens is 1. The molecule has 0 saturated carbocycles. The quantitative estimate of drug-likeness (QED) is 0.642. The van der Waals surface area contributed by atoms with E-state index in [-0.39, 0.29) is 5.91 Å². The minimum absolute atomic E-state index is 0.294. The minimum Gasteiger partial charge on any atom is -0.487 e. The lowest BCUT2D eigenvalue weighted by Crippen LogP contribution is -2.17. The van der Waals surface area contributed by atoms with Gasteiger partial charge in [-0.15, -0.1) is 11.6 Å². The Kier molecular flexibility index (Phi) is 5.41. The topological polar surface area (TPSA) is 38.3 Å². The summed E-state index contributed by atoms with van der Waals surface area (Å²) >= 11 is 6.19. The molecule has 0 saturated heterocycles. The molecular formula is C17H16ClNO2. The van der Waals surface area contributed by atoms with E-state index in [1.165, 1.54) is 0 Å². The average molecular weight is 302 g/mol. The first-order chi connectivity index (χ1) is 10.2. The number of amides is 1. The standard InChI is InChI=1S/C17H16ClNO2/c1-2-12-21-15-11-7-6-10-14(15)19-17(20)16(18)13-8-4-3-5-9-13/h2-11,16H,1,12H2,(H,19,20). The SMILES string of the molecule is C=CCOc1ccccc1NC(=O)C(Cl)c1ccccc1. The Balaban J connectivity index is 2.11. The Labute approximate surface area is 129 Å². The van der Waals surface area contributed by atoms with Crippen LogP contribution in [0.1, 0.15) is 10.9 Å². The van der Waals surface area contributed by atoms with Crippen LogP contribution in [0.25, 0.3) is 0 Å². The molecule has 0 fully saturated rings. The number of nitrogens with one attached hydrogen (secondary N) is 1. The van der Waals surface area contributed by atoms with Crippen molar-refractivity contribution in [3.63, 3.8) is 0 Å². The molecule has 2 aromatic rings. The fraction of sp³-hybridized carbons (Fsp3) is 0.118. The lowest BCUT2D eigenvalue weighted by Gasteiger charge is -2.14. The van der Waals surface area contributed by atoms with Crippen LogP contribution in [0, 0.1) is 0 Å². The van der Waals surface area contributed by atoms with E-state index in [1.807, 2.05) is 42.5 Å². The van der Waals surface area contributed by atoms with Gasteiger partial charge in [-0.1, -0.05) is 55.1 Å². The number of alkyl halides is 1. The van der Waals surface area contributed by atoms with Crippen molar-refractivity contribution in [1.82, 2.24) is 0 Å². The molecule has 0 aromatic heterocycles. The number of carbonyl (C=O) groups excluding carboxylic acids is 1. The maximum absolute atomic E-state index is 12.2. The Morgan fingerprint density at radius 1 is 1.19 bits per heavy atom. The summed E-state index contributed by atoms with van der Waals surface area (Å²) in [5, 5.41) is 2.04. The number of benzene rings is 2. The highest BCUT2D eigenvalue weighted by Crippen LogP contribution is 2.27. The molecule has 3 nitrogen and oxygen atoms in total. The van der Waals surface area contributed by atoms with Gasteiger partial charge in [0.15, 0.2) is 0 Å². The van der Waals surface area contributed by atoms with E-state index >= 15 is 0 Å². The van der Waals surface area contributed by atoms with Crippen molar-refractivity contribution in [1.29, 1.82) is 0 Å². The van der Waals surface area contributed by atoms with Gasteiger partial charge in [-0.05, 0) is 17.7 Å².